The van der Waals surface area contributed by atoms with Gasteiger partial charge in [0, 0.05) is 12.2 Å². The van der Waals surface area contributed by atoms with Gasteiger partial charge in [-0.25, -0.2) is 9.18 Å². The van der Waals surface area contributed by atoms with Crippen LogP contribution in [0.3, 0.4) is 0 Å². The van der Waals surface area contributed by atoms with Crippen LogP contribution in [0.25, 0.3) is 11.1 Å². The third-order valence-corrected chi connectivity index (χ3v) is 3.32. The van der Waals surface area contributed by atoms with Gasteiger partial charge in [-0.15, -0.1) is 0 Å². The van der Waals surface area contributed by atoms with E-state index in [1.807, 2.05) is 6.07 Å². The first-order chi connectivity index (χ1) is 11.0. The van der Waals surface area contributed by atoms with Crippen LogP contribution in [-0.2, 0) is 4.74 Å². The number of hydrogen-bond donors (Lipinski definition) is 3. The van der Waals surface area contributed by atoms with Crippen LogP contribution in [0.2, 0.25) is 0 Å². The van der Waals surface area contributed by atoms with Gasteiger partial charge in [-0.1, -0.05) is 18.2 Å². The van der Waals surface area contributed by atoms with Crippen molar-refractivity contribution in [1.82, 2.24) is 0 Å². The highest BCUT2D eigenvalue weighted by Crippen LogP contribution is 2.25. The highest BCUT2D eigenvalue weighted by atomic mass is 19.1. The molecule has 23 heavy (non-hydrogen) atoms. The SMILES string of the molecule is COC(=O)c1cc(-c2cccc(NCC(O)CO)c2)ccc1F. The summed E-state index contributed by atoms with van der Waals surface area (Å²) in [4.78, 5) is 11.6. The van der Waals surface area contributed by atoms with E-state index in [2.05, 4.69) is 10.1 Å². The molecule has 3 N–H and O–H groups in total. The van der Waals surface area contributed by atoms with Gasteiger partial charge >= 0.3 is 5.97 Å². The minimum atomic E-state index is -0.851. The number of esters is 1. The molecule has 0 aliphatic carbocycles. The maximum absolute atomic E-state index is 13.7. The number of aliphatic hydroxyl groups is 2. The Balaban J connectivity index is 2.26. The molecule has 6 heteroatoms. The highest BCUT2D eigenvalue weighted by molar-refractivity contribution is 5.91. The van der Waals surface area contributed by atoms with E-state index in [-0.39, 0.29) is 18.7 Å². The van der Waals surface area contributed by atoms with Gasteiger partial charge in [0.1, 0.15) is 5.82 Å². The molecule has 0 aliphatic rings. The molecule has 0 aromatic heterocycles. The zero-order chi connectivity index (χ0) is 16.8. The van der Waals surface area contributed by atoms with E-state index >= 15 is 0 Å². The summed E-state index contributed by atoms with van der Waals surface area (Å²) in [6.07, 6.45) is -0.851. The summed E-state index contributed by atoms with van der Waals surface area (Å²) >= 11 is 0. The number of ether oxygens (including phenoxy) is 1. The Kier molecular flexibility index (Phi) is 5.67. The lowest BCUT2D eigenvalue weighted by Crippen LogP contribution is -2.22. The van der Waals surface area contributed by atoms with Gasteiger partial charge in [0.2, 0.25) is 0 Å². The van der Waals surface area contributed by atoms with E-state index in [1.54, 1.807) is 24.3 Å². The standard InChI is InChI=1S/C17H18FNO4/c1-23-17(22)15-8-12(5-6-16(15)18)11-3-2-4-13(7-11)19-9-14(21)10-20/h2-8,14,19-21H,9-10H2,1H3. The third kappa shape index (κ3) is 4.28. The molecule has 2 aromatic rings. The predicted octanol–water partition coefficient (Wildman–Crippen LogP) is 2.04. The molecule has 122 valence electrons. The second kappa shape index (κ2) is 7.71. The predicted molar refractivity (Wildman–Crippen MR) is 84.8 cm³/mol. The van der Waals surface area contributed by atoms with Crippen LogP contribution in [0.1, 0.15) is 10.4 Å². The highest BCUT2D eigenvalue weighted by Gasteiger charge is 2.13. The maximum atomic E-state index is 13.7. The van der Waals surface area contributed by atoms with Crippen molar-refractivity contribution in [1.29, 1.82) is 0 Å². The Morgan fingerprint density at radius 3 is 2.70 bits per heavy atom. The van der Waals surface area contributed by atoms with Gasteiger partial charge in [-0.3, -0.25) is 0 Å². The number of benzene rings is 2. The van der Waals surface area contributed by atoms with E-state index in [0.29, 0.717) is 5.56 Å². The molecular weight excluding hydrogens is 301 g/mol. The van der Waals surface area contributed by atoms with E-state index in [1.165, 1.54) is 19.2 Å². The van der Waals surface area contributed by atoms with Crippen LogP contribution in [0, 0.1) is 5.82 Å². The minimum absolute atomic E-state index is 0.126. The van der Waals surface area contributed by atoms with Gasteiger partial charge in [-0.2, -0.15) is 0 Å². The third-order valence-electron chi connectivity index (χ3n) is 3.32. The van der Waals surface area contributed by atoms with Crippen LogP contribution in [0.4, 0.5) is 10.1 Å². The molecular formula is C17H18FNO4. The molecule has 2 rings (SSSR count). The lowest BCUT2D eigenvalue weighted by atomic mass is 10.0. The van der Waals surface area contributed by atoms with E-state index in [9.17, 15) is 14.3 Å². The first-order valence-corrected chi connectivity index (χ1v) is 7.06. The fraction of sp³-hybridized carbons (Fsp3) is 0.235. The van der Waals surface area contributed by atoms with Crippen molar-refractivity contribution in [2.75, 3.05) is 25.6 Å². The monoisotopic (exact) mass is 319 g/mol. The van der Waals surface area contributed by atoms with Gasteiger partial charge in [0.15, 0.2) is 0 Å². The summed E-state index contributed by atoms with van der Waals surface area (Å²) in [6, 6.07) is 11.5. The molecule has 1 unspecified atom stereocenters. The number of nitrogens with one attached hydrogen (secondary N) is 1. The molecule has 0 saturated heterocycles. The zero-order valence-corrected chi connectivity index (χ0v) is 12.6. The van der Waals surface area contributed by atoms with Gasteiger partial charge in [-0.05, 0) is 35.4 Å². The van der Waals surface area contributed by atoms with Crippen LogP contribution in [0.15, 0.2) is 42.5 Å². The Hall–Kier alpha value is -2.44. The quantitative estimate of drug-likeness (QED) is 0.710. The second-order valence-electron chi connectivity index (χ2n) is 4.98. The van der Waals surface area contributed by atoms with E-state index in [0.717, 1.165) is 11.3 Å². The normalized spacial score (nSPS) is 11.8. The largest absolute Gasteiger partial charge is 0.465 e. The molecule has 0 spiro atoms. The summed E-state index contributed by atoms with van der Waals surface area (Å²) in [6.45, 7) is -0.121. The van der Waals surface area contributed by atoms with Crippen molar-refractivity contribution in [3.63, 3.8) is 0 Å². The lowest BCUT2D eigenvalue weighted by Gasteiger charge is -2.12. The van der Waals surface area contributed by atoms with Crippen molar-refractivity contribution in [3.05, 3.63) is 53.8 Å². The fourth-order valence-corrected chi connectivity index (χ4v) is 2.08. The number of halogens is 1. The molecule has 0 heterocycles. The molecule has 0 amide bonds. The number of carbonyl (C=O) groups is 1. The van der Waals surface area contributed by atoms with E-state index < -0.39 is 17.9 Å². The average Bonchev–Trinajstić information content (AvgIpc) is 2.59. The van der Waals surface area contributed by atoms with Gasteiger partial charge < -0.3 is 20.3 Å². The first kappa shape index (κ1) is 16.9. The summed E-state index contributed by atoms with van der Waals surface area (Å²) in [5.41, 5.74) is 2.05. The molecule has 0 aliphatic heterocycles. The Labute approximate surface area is 133 Å². The number of methoxy groups -OCH3 is 1. The minimum Gasteiger partial charge on any atom is -0.465 e. The van der Waals surface area contributed by atoms with Crippen LogP contribution < -0.4 is 5.32 Å². The second-order valence-corrected chi connectivity index (χ2v) is 4.98. The van der Waals surface area contributed by atoms with Crippen molar-refractivity contribution >= 4 is 11.7 Å². The molecule has 0 radical (unpaired) electrons. The maximum Gasteiger partial charge on any atom is 0.340 e. The molecule has 0 saturated carbocycles. The van der Waals surface area contributed by atoms with Crippen LogP contribution in [0.5, 0.6) is 0 Å². The zero-order valence-electron chi connectivity index (χ0n) is 12.6. The topological polar surface area (TPSA) is 78.8 Å². The van der Waals surface area contributed by atoms with Gasteiger partial charge in [0.05, 0.1) is 25.4 Å². The Morgan fingerprint density at radius 1 is 1.26 bits per heavy atom. The molecule has 1 atom stereocenters. The number of hydrogen-bond acceptors (Lipinski definition) is 5. The number of rotatable bonds is 6. The summed E-state index contributed by atoms with van der Waals surface area (Å²) in [5, 5.41) is 21.2. The fourth-order valence-electron chi connectivity index (χ4n) is 2.08. The van der Waals surface area contributed by atoms with Crippen molar-refractivity contribution in [2.45, 2.75) is 6.10 Å². The molecule has 5 nitrogen and oxygen atoms in total. The number of anilines is 1. The Morgan fingerprint density at radius 2 is 2.00 bits per heavy atom. The Bertz CT molecular complexity index is 690. The van der Waals surface area contributed by atoms with Crippen molar-refractivity contribution in [3.8, 4) is 11.1 Å². The summed E-state index contributed by atoms with van der Waals surface area (Å²) in [7, 11) is 1.20. The first-order valence-electron chi connectivity index (χ1n) is 7.06. The summed E-state index contributed by atoms with van der Waals surface area (Å²) < 4.78 is 18.3. The summed E-state index contributed by atoms with van der Waals surface area (Å²) in [5.74, 6) is -1.37. The van der Waals surface area contributed by atoms with Crippen molar-refractivity contribution < 1.29 is 24.1 Å². The molecule has 0 fully saturated rings. The smallest absolute Gasteiger partial charge is 0.340 e. The van der Waals surface area contributed by atoms with E-state index in [4.69, 9.17) is 5.11 Å². The number of carbonyl (C=O) groups excluding carboxylic acids is 1. The molecule has 0 bridgehead atoms. The number of aliphatic hydroxyl groups excluding tert-OH is 2. The molecule has 2 aromatic carbocycles. The van der Waals surface area contributed by atoms with Crippen LogP contribution in [-0.4, -0.2) is 42.5 Å². The van der Waals surface area contributed by atoms with Crippen LogP contribution >= 0.6 is 0 Å². The van der Waals surface area contributed by atoms with Crippen molar-refractivity contribution in [2.24, 2.45) is 0 Å². The average molecular weight is 319 g/mol. The lowest BCUT2D eigenvalue weighted by molar-refractivity contribution is 0.0595. The van der Waals surface area contributed by atoms with Gasteiger partial charge in [0.25, 0.3) is 0 Å².